The van der Waals surface area contributed by atoms with E-state index >= 15 is 0 Å². The van der Waals surface area contributed by atoms with Gasteiger partial charge < -0.3 is 4.57 Å². The molecule has 0 amide bonds. The molecule has 0 N–H and O–H groups in total. The van der Waals surface area contributed by atoms with E-state index in [1.807, 2.05) is 36.5 Å². The van der Waals surface area contributed by atoms with Gasteiger partial charge in [-0.25, -0.2) is 15.0 Å². The van der Waals surface area contributed by atoms with E-state index in [9.17, 15) is 0 Å². The summed E-state index contributed by atoms with van der Waals surface area (Å²) in [6.07, 6.45) is 9.37. The van der Waals surface area contributed by atoms with Crippen LogP contribution in [0.2, 0.25) is 0 Å². The lowest BCUT2D eigenvalue weighted by molar-refractivity contribution is 1.07. The first-order valence-corrected chi connectivity index (χ1v) is 17.6. The molecule has 0 saturated carbocycles. The molecule has 53 heavy (non-hydrogen) atoms. The first-order valence-electron chi connectivity index (χ1n) is 17.6. The molecule has 5 heteroatoms. The molecule has 0 radical (unpaired) electrons. The van der Waals surface area contributed by atoms with Crippen molar-refractivity contribution in [1.29, 1.82) is 0 Å². The van der Waals surface area contributed by atoms with Crippen LogP contribution in [0.15, 0.2) is 189 Å². The van der Waals surface area contributed by atoms with Crippen LogP contribution in [0.25, 0.3) is 90.0 Å². The van der Waals surface area contributed by atoms with Crippen molar-refractivity contribution < 1.29 is 0 Å². The standard InChI is InChI=1S/C48H33N5/c1-2-3-12-33-13-9-15-38(29-33)47-50-46(35-24-22-34(23-25-35)40-17-11-28-49-32-40)51-48(52-47)39-16-10-14-36(30-39)37-26-27-45-43(31-37)42-20-7-8-21-44(42)53(45)41-18-5-4-6-19-41/h2-32H,1H2/b12-3-. The van der Waals surface area contributed by atoms with Crippen LogP contribution in [0.4, 0.5) is 0 Å². The van der Waals surface area contributed by atoms with Crippen molar-refractivity contribution >= 4 is 27.9 Å². The van der Waals surface area contributed by atoms with Crippen molar-refractivity contribution in [3.63, 3.8) is 0 Å². The van der Waals surface area contributed by atoms with E-state index < -0.39 is 0 Å². The minimum absolute atomic E-state index is 0.607. The van der Waals surface area contributed by atoms with Crippen molar-refractivity contribution in [2.75, 3.05) is 0 Å². The first-order chi connectivity index (χ1) is 26.2. The maximum Gasteiger partial charge on any atom is 0.164 e. The summed E-state index contributed by atoms with van der Waals surface area (Å²) in [5.74, 6) is 1.82. The van der Waals surface area contributed by atoms with Crippen LogP contribution in [0.3, 0.4) is 0 Å². The molecule has 5 nitrogen and oxygen atoms in total. The minimum atomic E-state index is 0.607. The van der Waals surface area contributed by atoms with E-state index in [0.717, 1.165) is 50.2 Å². The van der Waals surface area contributed by atoms with Gasteiger partial charge in [0.2, 0.25) is 0 Å². The summed E-state index contributed by atoms with van der Waals surface area (Å²) in [6, 6.07) is 54.9. The number of pyridine rings is 1. The van der Waals surface area contributed by atoms with E-state index in [0.29, 0.717) is 17.5 Å². The fraction of sp³-hybridized carbons (Fsp3) is 0. The molecule has 0 bridgehead atoms. The van der Waals surface area contributed by atoms with E-state index in [2.05, 4.69) is 156 Å². The van der Waals surface area contributed by atoms with Crippen LogP contribution in [-0.2, 0) is 0 Å². The van der Waals surface area contributed by atoms with E-state index in [-0.39, 0.29) is 0 Å². The number of nitrogens with zero attached hydrogens (tertiary/aromatic N) is 5. The Labute approximate surface area is 308 Å². The molecule has 9 aromatic rings. The van der Waals surface area contributed by atoms with Gasteiger partial charge in [-0.3, -0.25) is 4.98 Å². The number of hydrogen-bond donors (Lipinski definition) is 0. The van der Waals surface area contributed by atoms with Gasteiger partial charge in [0.15, 0.2) is 17.5 Å². The second kappa shape index (κ2) is 13.8. The highest BCUT2D eigenvalue weighted by molar-refractivity contribution is 6.10. The Morgan fingerprint density at radius 3 is 1.85 bits per heavy atom. The van der Waals surface area contributed by atoms with E-state index in [4.69, 9.17) is 15.0 Å². The number of allylic oxidation sites excluding steroid dienone is 2. The number of fused-ring (bicyclic) bond motifs is 3. The predicted octanol–water partition coefficient (Wildman–Crippen LogP) is 11.9. The molecular formula is C48H33N5. The fourth-order valence-electron chi connectivity index (χ4n) is 6.91. The third-order valence-electron chi connectivity index (χ3n) is 9.48. The fourth-order valence-corrected chi connectivity index (χ4v) is 6.91. The number of hydrogen-bond acceptors (Lipinski definition) is 4. The minimum Gasteiger partial charge on any atom is -0.309 e. The SMILES string of the molecule is C=C/C=C\c1cccc(-c2nc(-c3ccc(-c4cccnc4)cc3)nc(-c3cccc(-c4ccc5c(c4)c4ccccc4n5-c4ccccc4)c3)n2)c1. The van der Waals surface area contributed by atoms with E-state index in [1.54, 1.807) is 12.3 Å². The average molecular weight is 680 g/mol. The van der Waals surface area contributed by atoms with Gasteiger partial charge >= 0.3 is 0 Å². The van der Waals surface area contributed by atoms with Crippen molar-refractivity contribution in [2.24, 2.45) is 0 Å². The maximum absolute atomic E-state index is 5.07. The van der Waals surface area contributed by atoms with Gasteiger partial charge in [0.25, 0.3) is 0 Å². The lowest BCUT2D eigenvalue weighted by Gasteiger charge is -2.11. The molecule has 0 aliphatic rings. The topological polar surface area (TPSA) is 56.5 Å². The summed E-state index contributed by atoms with van der Waals surface area (Å²) in [4.78, 5) is 19.4. The Balaban J connectivity index is 1.15. The molecule has 0 aliphatic carbocycles. The Bertz CT molecular complexity index is 2780. The second-order valence-corrected chi connectivity index (χ2v) is 12.8. The summed E-state index contributed by atoms with van der Waals surface area (Å²) in [7, 11) is 0. The molecule has 0 fully saturated rings. The summed E-state index contributed by atoms with van der Waals surface area (Å²) in [5.41, 5.74) is 11.6. The quantitative estimate of drug-likeness (QED) is 0.150. The Hall–Kier alpha value is -7.24. The Kier molecular flexibility index (Phi) is 8.27. The molecule has 0 unspecified atom stereocenters. The highest BCUT2D eigenvalue weighted by atomic mass is 15.0. The second-order valence-electron chi connectivity index (χ2n) is 12.8. The molecule has 250 valence electrons. The van der Waals surface area contributed by atoms with Crippen LogP contribution in [0.1, 0.15) is 5.56 Å². The highest BCUT2D eigenvalue weighted by Crippen LogP contribution is 2.36. The lowest BCUT2D eigenvalue weighted by atomic mass is 10.0. The Morgan fingerprint density at radius 1 is 0.453 bits per heavy atom. The van der Waals surface area contributed by atoms with E-state index in [1.165, 1.54) is 21.8 Å². The van der Waals surface area contributed by atoms with Crippen molar-refractivity contribution in [1.82, 2.24) is 24.5 Å². The summed E-state index contributed by atoms with van der Waals surface area (Å²) >= 11 is 0. The molecule has 3 aromatic heterocycles. The number of para-hydroxylation sites is 2. The third kappa shape index (κ3) is 6.21. The molecule has 6 aromatic carbocycles. The zero-order valence-corrected chi connectivity index (χ0v) is 28.8. The third-order valence-corrected chi connectivity index (χ3v) is 9.48. The van der Waals surface area contributed by atoms with Gasteiger partial charge in [-0.2, -0.15) is 0 Å². The Morgan fingerprint density at radius 2 is 1.08 bits per heavy atom. The maximum atomic E-state index is 5.07. The summed E-state index contributed by atoms with van der Waals surface area (Å²) < 4.78 is 2.34. The van der Waals surface area contributed by atoms with Crippen molar-refractivity contribution in [3.8, 4) is 62.1 Å². The predicted molar refractivity (Wildman–Crippen MR) is 218 cm³/mol. The van der Waals surface area contributed by atoms with Crippen molar-refractivity contribution in [2.45, 2.75) is 0 Å². The number of aromatic nitrogens is 5. The van der Waals surface area contributed by atoms with Crippen LogP contribution in [0, 0.1) is 0 Å². The largest absolute Gasteiger partial charge is 0.309 e. The number of rotatable bonds is 8. The van der Waals surface area contributed by atoms with Crippen molar-refractivity contribution in [3.05, 3.63) is 194 Å². The van der Waals surface area contributed by atoms with Crippen LogP contribution >= 0.6 is 0 Å². The van der Waals surface area contributed by atoms with Crippen LogP contribution in [-0.4, -0.2) is 24.5 Å². The zero-order chi connectivity index (χ0) is 35.6. The smallest absolute Gasteiger partial charge is 0.164 e. The normalized spacial score (nSPS) is 11.4. The van der Waals surface area contributed by atoms with Gasteiger partial charge in [-0.1, -0.05) is 134 Å². The van der Waals surface area contributed by atoms with Gasteiger partial charge in [0.1, 0.15) is 0 Å². The summed E-state index contributed by atoms with van der Waals surface area (Å²) in [6.45, 7) is 3.82. The first kappa shape index (κ1) is 31.7. The molecular weight excluding hydrogens is 647 g/mol. The van der Waals surface area contributed by atoms with Crippen LogP contribution < -0.4 is 0 Å². The monoisotopic (exact) mass is 679 g/mol. The molecule has 0 saturated heterocycles. The van der Waals surface area contributed by atoms with Gasteiger partial charge in [0, 0.05) is 45.5 Å². The lowest BCUT2D eigenvalue weighted by Crippen LogP contribution is -2.00. The van der Waals surface area contributed by atoms with Gasteiger partial charge in [0.05, 0.1) is 11.0 Å². The molecule has 0 atom stereocenters. The number of benzene rings is 6. The zero-order valence-electron chi connectivity index (χ0n) is 28.8. The molecule has 0 spiro atoms. The van der Waals surface area contributed by atoms with Gasteiger partial charge in [-0.15, -0.1) is 0 Å². The highest BCUT2D eigenvalue weighted by Gasteiger charge is 2.16. The molecule has 9 rings (SSSR count). The average Bonchev–Trinajstić information content (AvgIpc) is 3.57. The summed E-state index contributed by atoms with van der Waals surface area (Å²) in [5, 5.41) is 2.42. The molecule has 3 heterocycles. The van der Waals surface area contributed by atoms with Crippen LogP contribution in [0.5, 0.6) is 0 Å². The van der Waals surface area contributed by atoms with Gasteiger partial charge in [-0.05, 0) is 76.3 Å². The molecule has 0 aliphatic heterocycles.